The molecule has 1 aromatic carbocycles. The van der Waals surface area contributed by atoms with Gasteiger partial charge in [0.25, 0.3) is 10.0 Å². The molecule has 1 aliphatic rings. The van der Waals surface area contributed by atoms with Crippen LogP contribution in [0.2, 0.25) is 0 Å². The Morgan fingerprint density at radius 2 is 1.81 bits per heavy atom. The van der Waals surface area contributed by atoms with E-state index in [1.165, 1.54) is 14.1 Å². The van der Waals surface area contributed by atoms with Gasteiger partial charge >= 0.3 is 11.9 Å². The lowest BCUT2D eigenvalue weighted by Crippen LogP contribution is -2.54. The van der Waals surface area contributed by atoms with Crippen LogP contribution in [-0.2, 0) is 14.8 Å². The Hall–Kier alpha value is -1.74. The zero-order valence-corrected chi connectivity index (χ0v) is 13.7. The number of carbonyl (C=O) groups excluding carboxylic acids is 2. The zero-order chi connectivity index (χ0) is 15.8. The normalized spacial score (nSPS) is 19.5. The van der Waals surface area contributed by atoms with E-state index in [2.05, 4.69) is 20.7 Å². The number of hydrogen-bond acceptors (Lipinski definition) is 4. The summed E-state index contributed by atoms with van der Waals surface area (Å²) in [7, 11) is -1.35. The molecule has 21 heavy (non-hydrogen) atoms. The number of urea groups is 1. The van der Waals surface area contributed by atoms with Gasteiger partial charge in [0.2, 0.25) is 5.25 Å². The first-order valence-electron chi connectivity index (χ1n) is 5.89. The second-order valence-corrected chi connectivity index (χ2v) is 7.23. The van der Waals surface area contributed by atoms with Gasteiger partial charge in [-0.2, -0.15) is 9.69 Å². The second-order valence-electron chi connectivity index (χ2n) is 4.51. The molecule has 1 heterocycles. The Bertz CT molecular complexity index is 727. The Balaban J connectivity index is 2.33. The fourth-order valence-corrected chi connectivity index (χ4v) is 3.43. The molecular weight excluding hydrogens is 362 g/mol. The second kappa shape index (κ2) is 5.57. The number of carbonyl (C=O) groups is 2. The van der Waals surface area contributed by atoms with Gasteiger partial charge in [0.15, 0.2) is 0 Å². The first kappa shape index (κ1) is 15.6. The highest BCUT2D eigenvalue weighted by atomic mass is 79.9. The van der Waals surface area contributed by atoms with Crippen molar-refractivity contribution in [3.8, 4) is 0 Å². The number of halogens is 1. The molecule has 9 heteroatoms. The number of benzene rings is 1. The number of hydrogen-bond donors (Lipinski definition) is 1. The van der Waals surface area contributed by atoms with Crippen molar-refractivity contribution in [2.45, 2.75) is 5.25 Å². The molecule has 0 spiro atoms. The Morgan fingerprint density at radius 1 is 1.24 bits per heavy atom. The maximum Gasteiger partial charge on any atom is 0.500 e. The minimum Gasteiger partial charge on any atom is -0.282 e. The summed E-state index contributed by atoms with van der Waals surface area (Å²) in [5.74, 6) is -0.789. The highest BCUT2D eigenvalue weighted by molar-refractivity contribution is 9.10. The van der Waals surface area contributed by atoms with Crippen LogP contribution in [0.3, 0.4) is 0 Å². The largest absolute Gasteiger partial charge is 0.500 e. The molecule has 3 amide bonds. The molecule has 1 aliphatic heterocycles. The lowest BCUT2D eigenvalue weighted by atomic mass is 10.3. The summed E-state index contributed by atoms with van der Waals surface area (Å²) in [6.45, 7) is 0. The van der Waals surface area contributed by atoms with Gasteiger partial charge in [-0.15, -0.1) is 0 Å². The van der Waals surface area contributed by atoms with Gasteiger partial charge in [0.1, 0.15) is 6.21 Å². The SMILES string of the molecule is CN1C(=O)C(S(=O)(=O)Nc2ccc(Br)cc2)C=[N+](C)C1=O. The van der Waals surface area contributed by atoms with Gasteiger partial charge < -0.3 is 0 Å². The smallest absolute Gasteiger partial charge is 0.282 e. The molecule has 112 valence electrons. The van der Waals surface area contributed by atoms with Crippen molar-refractivity contribution in [3.05, 3.63) is 28.7 Å². The highest BCUT2D eigenvalue weighted by Crippen LogP contribution is 2.17. The van der Waals surface area contributed by atoms with Crippen LogP contribution in [0.1, 0.15) is 0 Å². The van der Waals surface area contributed by atoms with Gasteiger partial charge in [0, 0.05) is 10.2 Å². The molecule has 0 bridgehead atoms. The van der Waals surface area contributed by atoms with Crippen LogP contribution in [0.4, 0.5) is 10.5 Å². The Kier molecular flexibility index (Phi) is 4.15. The highest BCUT2D eigenvalue weighted by Gasteiger charge is 2.46. The molecule has 0 aliphatic carbocycles. The van der Waals surface area contributed by atoms with Crippen LogP contribution in [0, 0.1) is 0 Å². The van der Waals surface area contributed by atoms with Crippen molar-refractivity contribution in [1.29, 1.82) is 0 Å². The van der Waals surface area contributed by atoms with Crippen LogP contribution < -0.4 is 4.72 Å². The van der Waals surface area contributed by atoms with Crippen LogP contribution >= 0.6 is 15.9 Å². The first-order chi connectivity index (χ1) is 9.72. The summed E-state index contributed by atoms with van der Waals surface area (Å²) >= 11 is 3.25. The molecule has 0 radical (unpaired) electrons. The van der Waals surface area contributed by atoms with E-state index in [0.717, 1.165) is 20.2 Å². The fraction of sp³-hybridized carbons (Fsp3) is 0.250. The predicted octanol–water partition coefficient (Wildman–Crippen LogP) is 0.864. The summed E-state index contributed by atoms with van der Waals surface area (Å²) in [6, 6.07) is 5.90. The van der Waals surface area contributed by atoms with Crippen LogP contribution in [0.15, 0.2) is 28.7 Å². The molecule has 0 fully saturated rings. The van der Waals surface area contributed by atoms with E-state index in [9.17, 15) is 18.0 Å². The standard InChI is InChI=1S/C12H13BrN3O4S/c1-15-7-10(11(17)16(2)12(15)18)21(19,20)14-9-5-3-8(13)4-6-9/h3-7,10,14H,1-2H3/q+1. The summed E-state index contributed by atoms with van der Waals surface area (Å²) in [6.07, 6.45) is 1.09. The van der Waals surface area contributed by atoms with Crippen LogP contribution in [0.25, 0.3) is 0 Å². The third-order valence-electron chi connectivity index (χ3n) is 2.96. The lowest BCUT2D eigenvalue weighted by Gasteiger charge is -2.20. The monoisotopic (exact) mass is 374 g/mol. The van der Waals surface area contributed by atoms with E-state index in [0.29, 0.717) is 5.69 Å². The maximum atomic E-state index is 12.3. The molecule has 2 rings (SSSR count). The molecule has 1 atom stereocenters. The molecule has 1 aromatic rings. The van der Waals surface area contributed by atoms with Crippen LogP contribution in [-0.4, -0.2) is 55.4 Å². The third-order valence-corrected chi connectivity index (χ3v) is 5.00. The van der Waals surface area contributed by atoms with Crippen molar-refractivity contribution in [2.75, 3.05) is 18.8 Å². The van der Waals surface area contributed by atoms with Gasteiger partial charge in [-0.3, -0.25) is 4.72 Å². The van der Waals surface area contributed by atoms with E-state index < -0.39 is 27.2 Å². The molecule has 0 saturated heterocycles. The predicted molar refractivity (Wildman–Crippen MR) is 80.9 cm³/mol. The summed E-state index contributed by atoms with van der Waals surface area (Å²) < 4.78 is 28.8. The molecule has 0 aromatic heterocycles. The van der Waals surface area contributed by atoms with Crippen molar-refractivity contribution in [3.63, 3.8) is 0 Å². The lowest BCUT2D eigenvalue weighted by molar-refractivity contribution is -0.399. The number of imide groups is 1. The number of amides is 3. The molecule has 7 nitrogen and oxygen atoms in total. The van der Waals surface area contributed by atoms with Gasteiger partial charge in [-0.05, 0) is 24.3 Å². The minimum absolute atomic E-state index is 0.335. The summed E-state index contributed by atoms with van der Waals surface area (Å²) in [4.78, 5) is 24.4. The van der Waals surface area contributed by atoms with Gasteiger partial charge in [0.05, 0.1) is 14.1 Å². The molecule has 1 unspecified atom stereocenters. The first-order valence-corrected chi connectivity index (χ1v) is 8.23. The third kappa shape index (κ3) is 3.13. The average molecular weight is 375 g/mol. The van der Waals surface area contributed by atoms with Crippen molar-refractivity contribution < 1.29 is 22.6 Å². The van der Waals surface area contributed by atoms with E-state index in [-0.39, 0.29) is 0 Å². The zero-order valence-electron chi connectivity index (χ0n) is 11.3. The van der Waals surface area contributed by atoms with E-state index in [4.69, 9.17) is 0 Å². The quantitative estimate of drug-likeness (QED) is 0.795. The number of anilines is 1. The topological polar surface area (TPSA) is 86.6 Å². The van der Waals surface area contributed by atoms with Crippen molar-refractivity contribution in [2.24, 2.45) is 0 Å². The summed E-state index contributed by atoms with van der Waals surface area (Å²) in [5, 5.41) is -1.45. The minimum atomic E-state index is -3.99. The molecular formula is C12H13BrN3O4S+. The van der Waals surface area contributed by atoms with Crippen molar-refractivity contribution in [1.82, 2.24) is 4.90 Å². The Labute approximate surface area is 130 Å². The number of rotatable bonds is 3. The number of nitrogens with one attached hydrogen (secondary N) is 1. The van der Waals surface area contributed by atoms with E-state index in [1.807, 2.05) is 0 Å². The maximum absolute atomic E-state index is 12.3. The summed E-state index contributed by atoms with van der Waals surface area (Å²) in [5.41, 5.74) is 0.335. The van der Waals surface area contributed by atoms with Crippen molar-refractivity contribution >= 4 is 49.8 Å². The Morgan fingerprint density at radius 3 is 2.38 bits per heavy atom. The molecule has 0 saturated carbocycles. The fourth-order valence-electron chi connectivity index (χ4n) is 1.81. The average Bonchev–Trinajstić information content (AvgIpc) is 2.42. The van der Waals surface area contributed by atoms with Crippen LogP contribution in [0.5, 0.6) is 0 Å². The van der Waals surface area contributed by atoms with Gasteiger partial charge in [-0.25, -0.2) is 17.8 Å². The van der Waals surface area contributed by atoms with E-state index >= 15 is 0 Å². The van der Waals surface area contributed by atoms with E-state index in [1.54, 1.807) is 24.3 Å². The number of sulfonamides is 1. The molecule has 1 N–H and O–H groups in total. The van der Waals surface area contributed by atoms with Gasteiger partial charge in [-0.1, -0.05) is 15.9 Å². The number of nitrogens with zero attached hydrogens (tertiary/aromatic N) is 2.